The van der Waals surface area contributed by atoms with Crippen LogP contribution in [0.1, 0.15) is 22.3 Å². The van der Waals surface area contributed by atoms with Crippen molar-refractivity contribution in [1.29, 1.82) is 0 Å². The predicted molar refractivity (Wildman–Crippen MR) is 101 cm³/mol. The number of alkyl halides is 3. The number of halogens is 4. The Morgan fingerprint density at radius 3 is 2.54 bits per heavy atom. The van der Waals surface area contributed by atoms with Crippen molar-refractivity contribution in [3.63, 3.8) is 0 Å². The van der Waals surface area contributed by atoms with Crippen LogP contribution in [0.5, 0.6) is 0 Å². The van der Waals surface area contributed by atoms with Gasteiger partial charge in [-0.05, 0) is 59.3 Å². The number of hydrogen-bond donors (Lipinski definition) is 0. The molecule has 0 radical (unpaired) electrons. The fourth-order valence-corrected chi connectivity index (χ4v) is 3.44. The van der Waals surface area contributed by atoms with E-state index in [0.29, 0.717) is 37.6 Å². The molecular weight excluding hydrogens is 458 g/mol. The number of aromatic nitrogens is 1. The zero-order chi connectivity index (χ0) is 18.7. The summed E-state index contributed by atoms with van der Waals surface area (Å²) in [6.07, 6.45) is -2.80. The Morgan fingerprint density at radius 1 is 1.08 bits per heavy atom. The number of carbonyl (C=O) groups is 1. The third-order valence-electron chi connectivity index (χ3n) is 4.25. The molecule has 2 heterocycles. The first-order chi connectivity index (χ1) is 12.3. The zero-order valence-electron chi connectivity index (χ0n) is 13.8. The lowest BCUT2D eigenvalue weighted by Gasteiger charge is -2.23. The Bertz CT molecular complexity index is 780. The zero-order valence-corrected chi connectivity index (χ0v) is 16.0. The number of hydrogen-bond acceptors (Lipinski definition) is 3. The number of pyridine rings is 1. The van der Waals surface area contributed by atoms with Crippen LogP contribution in [-0.2, 0) is 6.18 Å². The van der Waals surface area contributed by atoms with Crippen LogP contribution in [0.4, 0.5) is 19.0 Å². The Kier molecular flexibility index (Phi) is 5.69. The first kappa shape index (κ1) is 18.9. The molecule has 0 spiro atoms. The van der Waals surface area contributed by atoms with E-state index in [4.69, 9.17) is 0 Å². The summed E-state index contributed by atoms with van der Waals surface area (Å²) in [5, 5.41) is 0. The van der Waals surface area contributed by atoms with E-state index in [9.17, 15) is 18.0 Å². The van der Waals surface area contributed by atoms with E-state index in [1.807, 2.05) is 23.1 Å². The first-order valence-electron chi connectivity index (χ1n) is 8.17. The lowest BCUT2D eigenvalue weighted by molar-refractivity contribution is -0.137. The summed E-state index contributed by atoms with van der Waals surface area (Å²) >= 11 is 2.17. The Labute approximate surface area is 163 Å². The van der Waals surface area contributed by atoms with E-state index in [0.717, 1.165) is 22.3 Å². The molecule has 0 unspecified atom stereocenters. The number of carbonyl (C=O) groups excluding carboxylic acids is 1. The Morgan fingerprint density at radius 2 is 1.88 bits per heavy atom. The van der Waals surface area contributed by atoms with Crippen LogP contribution < -0.4 is 4.90 Å². The minimum Gasteiger partial charge on any atom is -0.355 e. The van der Waals surface area contributed by atoms with Gasteiger partial charge in [0.25, 0.3) is 5.91 Å². The van der Waals surface area contributed by atoms with E-state index in [1.54, 1.807) is 11.0 Å². The number of benzene rings is 1. The van der Waals surface area contributed by atoms with Gasteiger partial charge in [0.15, 0.2) is 0 Å². The SMILES string of the molecule is O=C(c1cccc(I)c1)N1CCCN(c2ccc(C(F)(F)F)cn2)CC1. The van der Waals surface area contributed by atoms with Crippen molar-refractivity contribution in [1.82, 2.24) is 9.88 Å². The topological polar surface area (TPSA) is 36.4 Å². The highest BCUT2D eigenvalue weighted by Crippen LogP contribution is 2.29. The van der Waals surface area contributed by atoms with Gasteiger partial charge in [0.1, 0.15) is 5.82 Å². The van der Waals surface area contributed by atoms with Crippen LogP contribution in [0, 0.1) is 3.57 Å². The summed E-state index contributed by atoms with van der Waals surface area (Å²) in [5.41, 5.74) is -0.107. The van der Waals surface area contributed by atoms with Crippen LogP contribution >= 0.6 is 22.6 Å². The van der Waals surface area contributed by atoms with E-state index in [1.165, 1.54) is 6.07 Å². The van der Waals surface area contributed by atoms with E-state index in [-0.39, 0.29) is 5.91 Å². The minimum atomic E-state index is -4.39. The Hall–Kier alpha value is -1.84. The van der Waals surface area contributed by atoms with Crippen LogP contribution in [0.2, 0.25) is 0 Å². The normalized spacial score (nSPS) is 15.7. The van der Waals surface area contributed by atoms with Crippen molar-refractivity contribution in [3.05, 3.63) is 57.3 Å². The van der Waals surface area contributed by atoms with Gasteiger partial charge in [0.2, 0.25) is 0 Å². The quantitative estimate of drug-likeness (QED) is 0.616. The molecule has 1 aliphatic rings. The monoisotopic (exact) mass is 475 g/mol. The van der Waals surface area contributed by atoms with Gasteiger partial charge in [0.05, 0.1) is 5.56 Å². The number of nitrogens with zero attached hydrogens (tertiary/aromatic N) is 3. The number of rotatable bonds is 2. The average molecular weight is 475 g/mol. The summed E-state index contributed by atoms with van der Waals surface area (Å²) < 4.78 is 39.0. The van der Waals surface area contributed by atoms with Crippen molar-refractivity contribution < 1.29 is 18.0 Å². The largest absolute Gasteiger partial charge is 0.417 e. The van der Waals surface area contributed by atoms with Gasteiger partial charge < -0.3 is 9.80 Å². The maximum absolute atomic E-state index is 12.7. The van der Waals surface area contributed by atoms with Gasteiger partial charge in [0, 0.05) is 41.5 Å². The fourth-order valence-electron chi connectivity index (χ4n) is 2.89. The van der Waals surface area contributed by atoms with Gasteiger partial charge in [-0.15, -0.1) is 0 Å². The van der Waals surface area contributed by atoms with Gasteiger partial charge in [-0.2, -0.15) is 13.2 Å². The van der Waals surface area contributed by atoms with Crippen molar-refractivity contribution in [3.8, 4) is 0 Å². The van der Waals surface area contributed by atoms with Crippen molar-refractivity contribution >= 4 is 34.3 Å². The molecule has 1 aromatic carbocycles. The predicted octanol–water partition coefficient (Wildman–Crippen LogP) is 4.06. The molecule has 8 heteroatoms. The van der Waals surface area contributed by atoms with Crippen LogP contribution in [0.25, 0.3) is 0 Å². The standard InChI is InChI=1S/C18H17F3IN3O/c19-18(20,21)14-5-6-16(23-12-14)24-7-2-8-25(10-9-24)17(26)13-3-1-4-15(22)11-13/h1,3-6,11-12H,2,7-10H2. The van der Waals surface area contributed by atoms with E-state index < -0.39 is 11.7 Å². The molecular formula is C18H17F3IN3O. The van der Waals surface area contributed by atoms with Crippen molar-refractivity contribution in [2.24, 2.45) is 0 Å². The minimum absolute atomic E-state index is 0.0225. The molecule has 2 aromatic rings. The molecule has 0 bridgehead atoms. The summed E-state index contributed by atoms with van der Waals surface area (Å²) in [7, 11) is 0. The number of anilines is 1. The molecule has 3 rings (SSSR count). The molecule has 138 valence electrons. The molecule has 0 atom stereocenters. The van der Waals surface area contributed by atoms with Crippen LogP contribution in [-0.4, -0.2) is 42.0 Å². The number of amides is 1. The van der Waals surface area contributed by atoms with E-state index in [2.05, 4.69) is 27.6 Å². The molecule has 1 amide bonds. The molecule has 0 aliphatic carbocycles. The average Bonchev–Trinajstić information content (AvgIpc) is 2.86. The second kappa shape index (κ2) is 7.81. The molecule has 0 saturated carbocycles. The Balaban J connectivity index is 1.67. The lowest BCUT2D eigenvalue weighted by atomic mass is 10.2. The first-order valence-corrected chi connectivity index (χ1v) is 9.25. The van der Waals surface area contributed by atoms with Crippen LogP contribution in [0.15, 0.2) is 42.6 Å². The highest BCUT2D eigenvalue weighted by atomic mass is 127. The molecule has 1 aliphatic heterocycles. The third-order valence-corrected chi connectivity index (χ3v) is 4.92. The summed E-state index contributed by atoms with van der Waals surface area (Å²) in [4.78, 5) is 20.3. The van der Waals surface area contributed by atoms with Crippen LogP contribution in [0.3, 0.4) is 0 Å². The third kappa shape index (κ3) is 4.46. The smallest absolute Gasteiger partial charge is 0.355 e. The summed E-state index contributed by atoms with van der Waals surface area (Å²) in [6, 6.07) is 9.86. The van der Waals surface area contributed by atoms with Gasteiger partial charge in [-0.3, -0.25) is 4.79 Å². The molecule has 4 nitrogen and oxygen atoms in total. The lowest BCUT2D eigenvalue weighted by Crippen LogP contribution is -2.35. The highest BCUT2D eigenvalue weighted by Gasteiger charge is 2.31. The summed E-state index contributed by atoms with van der Waals surface area (Å²) in [5.74, 6) is 0.479. The van der Waals surface area contributed by atoms with Gasteiger partial charge in [-0.25, -0.2) is 4.98 Å². The molecule has 1 fully saturated rings. The molecule has 1 aromatic heterocycles. The maximum Gasteiger partial charge on any atom is 0.417 e. The van der Waals surface area contributed by atoms with Gasteiger partial charge >= 0.3 is 6.18 Å². The second-order valence-electron chi connectivity index (χ2n) is 6.05. The molecule has 26 heavy (non-hydrogen) atoms. The van der Waals surface area contributed by atoms with Crippen molar-refractivity contribution in [2.45, 2.75) is 12.6 Å². The second-order valence-corrected chi connectivity index (χ2v) is 7.29. The summed E-state index contributed by atoms with van der Waals surface area (Å²) in [6.45, 7) is 2.30. The van der Waals surface area contributed by atoms with Gasteiger partial charge in [-0.1, -0.05) is 6.07 Å². The highest BCUT2D eigenvalue weighted by molar-refractivity contribution is 14.1. The molecule has 0 N–H and O–H groups in total. The van der Waals surface area contributed by atoms with Crippen molar-refractivity contribution in [2.75, 3.05) is 31.1 Å². The maximum atomic E-state index is 12.7. The fraction of sp³-hybridized carbons (Fsp3) is 0.333. The van der Waals surface area contributed by atoms with E-state index >= 15 is 0 Å². The molecule has 1 saturated heterocycles.